The number of nitrogens with zero attached hydrogens (tertiary/aromatic N) is 3. The topological polar surface area (TPSA) is 85.8 Å². The van der Waals surface area contributed by atoms with E-state index in [1.807, 2.05) is 45.2 Å². The second-order valence-electron chi connectivity index (χ2n) is 5.07. The van der Waals surface area contributed by atoms with E-state index >= 15 is 0 Å². The average Bonchev–Trinajstić information content (AvgIpc) is 2.84. The van der Waals surface area contributed by atoms with Gasteiger partial charge in [0.25, 0.3) is 0 Å². The van der Waals surface area contributed by atoms with Crippen molar-refractivity contribution in [3.05, 3.63) is 30.6 Å². The highest BCUT2D eigenvalue weighted by Crippen LogP contribution is 2.25. The van der Waals surface area contributed by atoms with Crippen LogP contribution in [0.25, 0.3) is 11.4 Å². The summed E-state index contributed by atoms with van der Waals surface area (Å²) < 4.78 is 1.80. The molecule has 2 aromatic rings. The first-order chi connectivity index (χ1) is 9.50. The van der Waals surface area contributed by atoms with Gasteiger partial charge in [-0.25, -0.2) is 0 Å². The third-order valence-electron chi connectivity index (χ3n) is 3.16. The summed E-state index contributed by atoms with van der Waals surface area (Å²) in [7, 11) is 1.85. The summed E-state index contributed by atoms with van der Waals surface area (Å²) in [6.07, 6.45) is 1.62. The van der Waals surface area contributed by atoms with Gasteiger partial charge >= 0.3 is 0 Å². The Morgan fingerprint density at radius 1 is 1.35 bits per heavy atom. The van der Waals surface area contributed by atoms with Crippen LogP contribution >= 0.6 is 0 Å². The zero-order chi connectivity index (χ0) is 14.7. The van der Waals surface area contributed by atoms with Crippen LogP contribution in [0, 0.1) is 5.92 Å². The normalized spacial score (nSPS) is 12.4. The fourth-order valence-electron chi connectivity index (χ4n) is 1.83. The first-order valence-corrected chi connectivity index (χ1v) is 6.50. The summed E-state index contributed by atoms with van der Waals surface area (Å²) in [5, 5.41) is 10.8. The number of nitrogens with two attached hydrogens (primary N) is 1. The standard InChI is InChI=1S/C14H19N5O/c1-9(2)12(15)14(20)17-11-7-5-4-6-10(11)13-18-16-8-19(13)3/h4-9,12H,15H2,1-3H3,(H,17,20). The Morgan fingerprint density at radius 2 is 2.05 bits per heavy atom. The van der Waals surface area contributed by atoms with Crippen LogP contribution in [0.15, 0.2) is 30.6 Å². The van der Waals surface area contributed by atoms with Crippen LogP contribution in [0.4, 0.5) is 5.69 Å². The monoisotopic (exact) mass is 273 g/mol. The molecule has 1 atom stereocenters. The van der Waals surface area contributed by atoms with E-state index < -0.39 is 6.04 Å². The molecule has 1 amide bonds. The molecule has 0 fully saturated rings. The number of carbonyl (C=O) groups excluding carboxylic acids is 1. The Kier molecular flexibility index (Phi) is 4.14. The Morgan fingerprint density at radius 3 is 2.65 bits per heavy atom. The first-order valence-electron chi connectivity index (χ1n) is 6.50. The van der Waals surface area contributed by atoms with Crippen molar-refractivity contribution < 1.29 is 4.79 Å². The molecule has 1 aromatic heterocycles. The highest BCUT2D eigenvalue weighted by Gasteiger charge is 2.19. The molecule has 106 valence electrons. The molecular formula is C14H19N5O. The molecule has 0 aliphatic carbocycles. The van der Waals surface area contributed by atoms with Crippen LogP contribution in [-0.2, 0) is 11.8 Å². The number of hydrogen-bond donors (Lipinski definition) is 2. The number of amides is 1. The van der Waals surface area contributed by atoms with Crippen LogP contribution in [0.2, 0.25) is 0 Å². The molecule has 1 heterocycles. The van der Waals surface area contributed by atoms with Gasteiger partial charge in [-0.2, -0.15) is 0 Å². The largest absolute Gasteiger partial charge is 0.324 e. The number of hydrogen-bond acceptors (Lipinski definition) is 4. The molecule has 0 aliphatic heterocycles. The summed E-state index contributed by atoms with van der Waals surface area (Å²) >= 11 is 0. The lowest BCUT2D eigenvalue weighted by Gasteiger charge is -2.17. The van der Waals surface area contributed by atoms with Crippen molar-refractivity contribution in [3.8, 4) is 11.4 Å². The molecule has 20 heavy (non-hydrogen) atoms. The average molecular weight is 273 g/mol. The SMILES string of the molecule is CC(C)C(N)C(=O)Nc1ccccc1-c1nncn1C. The molecule has 0 aliphatic rings. The number of benzene rings is 1. The van der Waals surface area contributed by atoms with Crippen LogP contribution in [0.5, 0.6) is 0 Å². The molecule has 6 nitrogen and oxygen atoms in total. The van der Waals surface area contributed by atoms with E-state index in [9.17, 15) is 4.79 Å². The third kappa shape index (κ3) is 2.85. The Hall–Kier alpha value is -2.21. The van der Waals surface area contributed by atoms with E-state index in [0.29, 0.717) is 11.5 Å². The van der Waals surface area contributed by atoms with Crippen molar-refractivity contribution >= 4 is 11.6 Å². The molecular weight excluding hydrogens is 254 g/mol. The summed E-state index contributed by atoms with van der Waals surface area (Å²) in [4.78, 5) is 12.1. The summed E-state index contributed by atoms with van der Waals surface area (Å²) in [6.45, 7) is 3.83. The number of rotatable bonds is 4. The predicted molar refractivity (Wildman–Crippen MR) is 77.9 cm³/mol. The molecule has 2 rings (SSSR count). The molecule has 1 aromatic carbocycles. The van der Waals surface area contributed by atoms with Gasteiger partial charge in [0.1, 0.15) is 6.33 Å². The maximum atomic E-state index is 12.1. The highest BCUT2D eigenvalue weighted by molar-refractivity contribution is 5.97. The second kappa shape index (κ2) is 5.83. The molecule has 0 radical (unpaired) electrons. The Labute approximate surface area is 118 Å². The Balaban J connectivity index is 2.30. The zero-order valence-corrected chi connectivity index (χ0v) is 11.9. The minimum Gasteiger partial charge on any atom is -0.324 e. The first kappa shape index (κ1) is 14.2. The van der Waals surface area contributed by atoms with Crippen molar-refractivity contribution in [3.63, 3.8) is 0 Å². The number of anilines is 1. The Bertz CT molecular complexity index is 605. The smallest absolute Gasteiger partial charge is 0.241 e. The van der Waals surface area contributed by atoms with E-state index in [4.69, 9.17) is 5.73 Å². The van der Waals surface area contributed by atoms with Gasteiger partial charge in [0.15, 0.2) is 5.82 Å². The highest BCUT2D eigenvalue weighted by atomic mass is 16.2. The minimum atomic E-state index is -0.539. The van der Waals surface area contributed by atoms with Gasteiger partial charge in [-0.3, -0.25) is 4.79 Å². The van der Waals surface area contributed by atoms with Gasteiger partial charge in [0, 0.05) is 12.6 Å². The molecule has 0 saturated heterocycles. The van der Waals surface area contributed by atoms with Crippen LogP contribution in [-0.4, -0.2) is 26.7 Å². The lowest BCUT2D eigenvalue weighted by Crippen LogP contribution is -2.39. The molecule has 0 bridgehead atoms. The number of carbonyl (C=O) groups is 1. The molecule has 6 heteroatoms. The van der Waals surface area contributed by atoms with Gasteiger partial charge in [-0.1, -0.05) is 26.0 Å². The van der Waals surface area contributed by atoms with Crippen LogP contribution < -0.4 is 11.1 Å². The van der Waals surface area contributed by atoms with Crippen molar-refractivity contribution in [1.82, 2.24) is 14.8 Å². The van der Waals surface area contributed by atoms with Gasteiger partial charge in [0.05, 0.1) is 11.7 Å². The van der Waals surface area contributed by atoms with Crippen molar-refractivity contribution in [2.75, 3.05) is 5.32 Å². The maximum Gasteiger partial charge on any atom is 0.241 e. The summed E-state index contributed by atoms with van der Waals surface area (Å²) in [6, 6.07) is 6.93. The van der Waals surface area contributed by atoms with Crippen molar-refractivity contribution in [2.24, 2.45) is 18.7 Å². The van der Waals surface area contributed by atoms with Crippen molar-refractivity contribution in [1.29, 1.82) is 0 Å². The summed E-state index contributed by atoms with van der Waals surface area (Å²) in [5.41, 5.74) is 7.36. The molecule has 0 spiro atoms. The van der Waals surface area contributed by atoms with Crippen LogP contribution in [0.3, 0.4) is 0 Å². The quantitative estimate of drug-likeness (QED) is 0.881. The second-order valence-corrected chi connectivity index (χ2v) is 5.07. The minimum absolute atomic E-state index is 0.0805. The van der Waals surface area contributed by atoms with Crippen molar-refractivity contribution in [2.45, 2.75) is 19.9 Å². The number of nitrogens with one attached hydrogen (secondary N) is 1. The fourth-order valence-corrected chi connectivity index (χ4v) is 1.83. The third-order valence-corrected chi connectivity index (χ3v) is 3.16. The van der Waals surface area contributed by atoms with E-state index in [1.54, 1.807) is 10.9 Å². The van der Waals surface area contributed by atoms with E-state index in [-0.39, 0.29) is 11.8 Å². The number of aromatic nitrogens is 3. The van der Waals surface area contributed by atoms with Gasteiger partial charge in [0.2, 0.25) is 5.91 Å². The molecule has 1 unspecified atom stereocenters. The number of aryl methyl sites for hydroxylation is 1. The molecule has 3 N–H and O–H groups in total. The lowest BCUT2D eigenvalue weighted by molar-refractivity contribution is -0.118. The van der Waals surface area contributed by atoms with E-state index in [1.165, 1.54) is 0 Å². The van der Waals surface area contributed by atoms with E-state index in [0.717, 1.165) is 5.56 Å². The van der Waals surface area contributed by atoms with Gasteiger partial charge in [-0.05, 0) is 18.1 Å². The fraction of sp³-hybridized carbons (Fsp3) is 0.357. The predicted octanol–water partition coefficient (Wildman–Crippen LogP) is 1.40. The van der Waals surface area contributed by atoms with Gasteiger partial charge < -0.3 is 15.6 Å². The molecule has 0 saturated carbocycles. The zero-order valence-electron chi connectivity index (χ0n) is 11.9. The van der Waals surface area contributed by atoms with Crippen LogP contribution in [0.1, 0.15) is 13.8 Å². The van der Waals surface area contributed by atoms with Gasteiger partial charge in [-0.15, -0.1) is 10.2 Å². The number of para-hydroxylation sites is 1. The summed E-state index contributed by atoms with van der Waals surface area (Å²) in [5.74, 6) is 0.575. The lowest BCUT2D eigenvalue weighted by atomic mass is 10.0. The van der Waals surface area contributed by atoms with E-state index in [2.05, 4.69) is 15.5 Å². The maximum absolute atomic E-state index is 12.1.